The lowest BCUT2D eigenvalue weighted by atomic mass is 10.0. The van der Waals surface area contributed by atoms with Crippen LogP contribution in [-0.4, -0.2) is 29.9 Å². The summed E-state index contributed by atoms with van der Waals surface area (Å²) >= 11 is 0. The van der Waals surface area contributed by atoms with E-state index in [0.717, 1.165) is 32.4 Å². The van der Waals surface area contributed by atoms with Crippen LogP contribution in [0.3, 0.4) is 0 Å². The number of hydrogen-bond donors (Lipinski definition) is 1. The molecule has 1 aliphatic heterocycles. The zero-order valence-electron chi connectivity index (χ0n) is 11.1. The number of hydrogen-bond acceptors (Lipinski definition) is 2. The average Bonchev–Trinajstić information content (AvgIpc) is 2.58. The first-order valence-electron chi connectivity index (χ1n) is 6.77. The molecule has 1 aliphatic rings. The Hall–Kier alpha value is -1.35. The quantitative estimate of drug-likeness (QED) is 0.883. The minimum absolute atomic E-state index is 0.109. The van der Waals surface area contributed by atoms with Crippen molar-refractivity contribution in [1.82, 2.24) is 4.90 Å². The number of nitrogens with two attached hydrogens (primary N) is 1. The van der Waals surface area contributed by atoms with Gasteiger partial charge in [0.2, 0.25) is 5.91 Å². The largest absolute Gasteiger partial charge is 0.342 e. The summed E-state index contributed by atoms with van der Waals surface area (Å²) in [6.07, 6.45) is 3.30. The molecule has 18 heavy (non-hydrogen) atoms. The molecule has 1 amide bonds. The van der Waals surface area contributed by atoms with E-state index in [4.69, 9.17) is 5.73 Å². The highest BCUT2D eigenvalue weighted by Gasteiger charge is 2.17. The predicted octanol–water partition coefficient (Wildman–Crippen LogP) is 1.74. The van der Waals surface area contributed by atoms with Crippen LogP contribution in [-0.2, 0) is 17.6 Å². The second kappa shape index (κ2) is 6.01. The molecule has 98 valence electrons. The zero-order valence-corrected chi connectivity index (χ0v) is 11.1. The Bertz CT molecular complexity index is 388. The van der Waals surface area contributed by atoms with Gasteiger partial charge in [0.25, 0.3) is 0 Å². The smallest absolute Gasteiger partial charge is 0.222 e. The monoisotopic (exact) mass is 246 g/mol. The topological polar surface area (TPSA) is 46.3 Å². The van der Waals surface area contributed by atoms with Crippen molar-refractivity contribution in [2.75, 3.05) is 13.1 Å². The highest BCUT2D eigenvalue weighted by Crippen LogP contribution is 2.16. The van der Waals surface area contributed by atoms with Gasteiger partial charge in [-0.2, -0.15) is 0 Å². The van der Waals surface area contributed by atoms with E-state index in [-0.39, 0.29) is 11.9 Å². The number of benzene rings is 1. The molecule has 0 bridgehead atoms. The molecule has 0 saturated carbocycles. The molecule has 2 rings (SSSR count). The van der Waals surface area contributed by atoms with E-state index >= 15 is 0 Å². The average molecular weight is 246 g/mol. The van der Waals surface area contributed by atoms with Gasteiger partial charge in [0.15, 0.2) is 0 Å². The van der Waals surface area contributed by atoms with Crippen molar-refractivity contribution in [3.63, 3.8) is 0 Å². The van der Waals surface area contributed by atoms with Crippen LogP contribution in [0.4, 0.5) is 0 Å². The summed E-state index contributed by atoms with van der Waals surface area (Å²) in [5, 5.41) is 0. The van der Waals surface area contributed by atoms with Crippen LogP contribution in [0.15, 0.2) is 24.3 Å². The lowest BCUT2D eigenvalue weighted by Gasteiger charge is -2.20. The van der Waals surface area contributed by atoms with Crippen molar-refractivity contribution in [2.24, 2.45) is 5.73 Å². The summed E-state index contributed by atoms with van der Waals surface area (Å²) in [4.78, 5) is 14.1. The van der Waals surface area contributed by atoms with Gasteiger partial charge < -0.3 is 10.6 Å². The third-order valence-electron chi connectivity index (χ3n) is 3.59. The summed E-state index contributed by atoms with van der Waals surface area (Å²) in [5.74, 6) is 0.250. The molecule has 0 aliphatic carbocycles. The van der Waals surface area contributed by atoms with Gasteiger partial charge in [0.1, 0.15) is 0 Å². The van der Waals surface area contributed by atoms with Crippen molar-refractivity contribution < 1.29 is 4.79 Å². The van der Waals surface area contributed by atoms with Gasteiger partial charge in [0, 0.05) is 25.6 Å². The van der Waals surface area contributed by atoms with Gasteiger partial charge in [-0.25, -0.2) is 0 Å². The number of nitrogens with zero attached hydrogens (tertiary/aromatic N) is 1. The Kier molecular flexibility index (Phi) is 4.37. The van der Waals surface area contributed by atoms with Gasteiger partial charge in [-0.1, -0.05) is 24.3 Å². The molecule has 2 N–H and O–H groups in total. The molecular formula is C15H22N2O. The van der Waals surface area contributed by atoms with Crippen molar-refractivity contribution in [1.29, 1.82) is 0 Å². The van der Waals surface area contributed by atoms with Crippen molar-refractivity contribution in [3.8, 4) is 0 Å². The minimum Gasteiger partial charge on any atom is -0.342 e. The van der Waals surface area contributed by atoms with E-state index in [1.54, 1.807) is 0 Å². The Balaban J connectivity index is 1.93. The standard InChI is InChI=1S/C15H22N2O/c1-12(16)6-7-15(18)17-10-8-13-4-2-3-5-14(13)9-11-17/h2-5,12H,6-11,16H2,1H3. The lowest BCUT2D eigenvalue weighted by molar-refractivity contribution is -0.131. The van der Waals surface area contributed by atoms with Gasteiger partial charge in [-0.3, -0.25) is 4.79 Å². The summed E-state index contributed by atoms with van der Waals surface area (Å²) in [6.45, 7) is 3.63. The fraction of sp³-hybridized carbons (Fsp3) is 0.533. The number of amides is 1. The van der Waals surface area contributed by atoms with Crippen LogP contribution in [0.2, 0.25) is 0 Å². The fourth-order valence-electron chi connectivity index (χ4n) is 2.43. The van der Waals surface area contributed by atoms with Crippen LogP contribution in [0.1, 0.15) is 30.9 Å². The summed E-state index contributed by atoms with van der Waals surface area (Å²) in [5.41, 5.74) is 8.48. The second-order valence-electron chi connectivity index (χ2n) is 5.17. The molecular weight excluding hydrogens is 224 g/mol. The summed E-state index contributed by atoms with van der Waals surface area (Å²) in [7, 11) is 0. The van der Waals surface area contributed by atoms with Crippen LogP contribution < -0.4 is 5.73 Å². The SMILES string of the molecule is CC(N)CCC(=O)N1CCc2ccccc2CC1. The van der Waals surface area contributed by atoms with E-state index in [1.807, 2.05) is 11.8 Å². The van der Waals surface area contributed by atoms with Crippen LogP contribution >= 0.6 is 0 Å². The Morgan fingerprint density at radius 2 is 1.83 bits per heavy atom. The molecule has 0 spiro atoms. The van der Waals surface area contributed by atoms with Gasteiger partial charge in [-0.15, -0.1) is 0 Å². The van der Waals surface area contributed by atoms with Crippen LogP contribution in [0, 0.1) is 0 Å². The second-order valence-corrected chi connectivity index (χ2v) is 5.17. The predicted molar refractivity (Wildman–Crippen MR) is 73.3 cm³/mol. The molecule has 1 atom stereocenters. The molecule has 1 aromatic rings. The fourth-order valence-corrected chi connectivity index (χ4v) is 2.43. The van der Waals surface area contributed by atoms with E-state index in [1.165, 1.54) is 11.1 Å². The van der Waals surface area contributed by atoms with Crippen molar-refractivity contribution >= 4 is 5.91 Å². The van der Waals surface area contributed by atoms with E-state index in [9.17, 15) is 4.79 Å². The Morgan fingerprint density at radius 1 is 1.28 bits per heavy atom. The molecule has 3 nitrogen and oxygen atoms in total. The molecule has 1 aromatic carbocycles. The maximum Gasteiger partial charge on any atom is 0.222 e. The minimum atomic E-state index is 0.109. The highest BCUT2D eigenvalue weighted by atomic mass is 16.2. The van der Waals surface area contributed by atoms with Crippen molar-refractivity contribution in [2.45, 2.75) is 38.6 Å². The molecule has 1 heterocycles. The maximum atomic E-state index is 12.1. The maximum absolute atomic E-state index is 12.1. The van der Waals surface area contributed by atoms with E-state index in [2.05, 4.69) is 24.3 Å². The number of rotatable bonds is 3. The first kappa shape index (κ1) is 13.1. The highest BCUT2D eigenvalue weighted by molar-refractivity contribution is 5.76. The summed E-state index contributed by atoms with van der Waals surface area (Å²) < 4.78 is 0. The molecule has 0 radical (unpaired) electrons. The molecule has 1 unspecified atom stereocenters. The third-order valence-corrected chi connectivity index (χ3v) is 3.59. The normalized spacial score (nSPS) is 16.9. The summed E-state index contributed by atoms with van der Waals surface area (Å²) in [6, 6.07) is 8.60. The van der Waals surface area contributed by atoms with Crippen LogP contribution in [0.5, 0.6) is 0 Å². The van der Waals surface area contributed by atoms with E-state index in [0.29, 0.717) is 6.42 Å². The lowest BCUT2D eigenvalue weighted by Crippen LogP contribution is -2.34. The molecule has 0 saturated heterocycles. The Labute approximate surface area is 109 Å². The van der Waals surface area contributed by atoms with E-state index < -0.39 is 0 Å². The van der Waals surface area contributed by atoms with Crippen LogP contribution in [0.25, 0.3) is 0 Å². The van der Waals surface area contributed by atoms with Crippen molar-refractivity contribution in [3.05, 3.63) is 35.4 Å². The first-order chi connectivity index (χ1) is 8.66. The third kappa shape index (κ3) is 3.33. The first-order valence-corrected chi connectivity index (χ1v) is 6.77. The Morgan fingerprint density at radius 3 is 2.33 bits per heavy atom. The van der Waals surface area contributed by atoms with Gasteiger partial charge in [-0.05, 0) is 37.3 Å². The van der Waals surface area contributed by atoms with Gasteiger partial charge >= 0.3 is 0 Å². The number of carbonyl (C=O) groups excluding carboxylic acids is 1. The number of fused-ring (bicyclic) bond motifs is 1. The van der Waals surface area contributed by atoms with Gasteiger partial charge in [0.05, 0.1) is 0 Å². The number of carbonyl (C=O) groups is 1. The molecule has 0 fully saturated rings. The zero-order chi connectivity index (χ0) is 13.0. The molecule has 3 heteroatoms. The molecule has 0 aromatic heterocycles.